The van der Waals surface area contributed by atoms with Gasteiger partial charge in [0.05, 0.1) is 5.56 Å². The first-order chi connectivity index (χ1) is 13.2. The number of aryl methyl sites for hydroxylation is 1. The summed E-state index contributed by atoms with van der Waals surface area (Å²) < 4.78 is 6.10. The predicted molar refractivity (Wildman–Crippen MR) is 111 cm³/mol. The van der Waals surface area contributed by atoms with Gasteiger partial charge in [-0.05, 0) is 67.7 Å². The van der Waals surface area contributed by atoms with Crippen LogP contribution in [0.5, 0.6) is 0 Å². The van der Waals surface area contributed by atoms with Crippen molar-refractivity contribution in [3.8, 4) is 0 Å². The summed E-state index contributed by atoms with van der Waals surface area (Å²) in [6.07, 6.45) is 8.44. The summed E-state index contributed by atoms with van der Waals surface area (Å²) in [4.78, 5) is 12.6. The summed E-state index contributed by atoms with van der Waals surface area (Å²) in [5, 5.41) is 0. The van der Waals surface area contributed by atoms with E-state index in [2.05, 4.69) is 38.1 Å². The summed E-state index contributed by atoms with van der Waals surface area (Å²) in [5.41, 5.74) is 3.23. The van der Waals surface area contributed by atoms with Gasteiger partial charge in [-0.25, -0.2) is 4.79 Å². The Labute approximate surface area is 164 Å². The van der Waals surface area contributed by atoms with Crippen LogP contribution in [-0.2, 0) is 11.2 Å². The van der Waals surface area contributed by atoms with Crippen molar-refractivity contribution in [2.24, 2.45) is 0 Å². The molecule has 1 saturated carbocycles. The molecular weight excluding hydrogens is 332 g/mol. The minimum atomic E-state index is -0.291. The molecule has 2 heteroatoms. The molecule has 0 heterocycles. The molecule has 0 unspecified atom stereocenters. The van der Waals surface area contributed by atoms with Crippen LogP contribution in [0.4, 0.5) is 0 Å². The zero-order valence-electron chi connectivity index (χ0n) is 16.7. The molecule has 0 radical (unpaired) electrons. The average molecular weight is 365 g/mol. The van der Waals surface area contributed by atoms with E-state index < -0.39 is 0 Å². The maximum Gasteiger partial charge on any atom is 0.338 e. The Bertz CT molecular complexity index is 710. The van der Waals surface area contributed by atoms with E-state index in [1.165, 1.54) is 17.5 Å². The molecule has 1 aliphatic rings. The van der Waals surface area contributed by atoms with Crippen LogP contribution in [0, 0.1) is 0 Å². The Kier molecular flexibility index (Phi) is 6.71. The predicted octanol–water partition coefficient (Wildman–Crippen LogP) is 6.69. The van der Waals surface area contributed by atoms with Crippen LogP contribution in [0.15, 0.2) is 54.6 Å². The Hall–Kier alpha value is -2.09. The number of esters is 1. The zero-order valence-corrected chi connectivity index (χ0v) is 16.7. The molecule has 144 valence electrons. The molecule has 1 fully saturated rings. The number of carbonyl (C=O) groups excluding carboxylic acids is 1. The molecule has 2 aromatic carbocycles. The van der Waals surface area contributed by atoms with E-state index in [-0.39, 0.29) is 11.6 Å². The lowest BCUT2D eigenvalue weighted by Crippen LogP contribution is -2.38. The quantitative estimate of drug-likeness (QED) is 0.511. The smallest absolute Gasteiger partial charge is 0.338 e. The molecule has 2 nitrogen and oxygen atoms in total. The molecule has 0 bridgehead atoms. The Balaban J connectivity index is 1.65. The van der Waals surface area contributed by atoms with Crippen LogP contribution in [0.25, 0.3) is 0 Å². The van der Waals surface area contributed by atoms with Gasteiger partial charge in [-0.15, -0.1) is 0 Å². The minimum Gasteiger partial charge on any atom is -0.455 e. The van der Waals surface area contributed by atoms with Crippen LogP contribution < -0.4 is 0 Å². The van der Waals surface area contributed by atoms with Gasteiger partial charge in [0.1, 0.15) is 5.60 Å². The van der Waals surface area contributed by atoms with Crippen molar-refractivity contribution in [1.82, 2.24) is 0 Å². The first-order valence-electron chi connectivity index (χ1n) is 10.5. The first-order valence-corrected chi connectivity index (χ1v) is 10.5. The lowest BCUT2D eigenvalue weighted by Gasteiger charge is -2.40. The lowest BCUT2D eigenvalue weighted by atomic mass is 9.74. The van der Waals surface area contributed by atoms with Gasteiger partial charge in [-0.3, -0.25) is 0 Å². The van der Waals surface area contributed by atoms with Crippen LogP contribution in [0.1, 0.15) is 86.2 Å². The Morgan fingerprint density at radius 1 is 0.963 bits per heavy atom. The molecule has 0 spiro atoms. The maximum absolute atomic E-state index is 12.6. The second-order valence-electron chi connectivity index (χ2n) is 7.95. The van der Waals surface area contributed by atoms with Crippen molar-refractivity contribution in [2.75, 3.05) is 0 Å². The monoisotopic (exact) mass is 364 g/mol. The third-order valence-electron chi connectivity index (χ3n) is 5.91. The number of ether oxygens (including phenoxy) is 1. The molecule has 0 amide bonds. The minimum absolute atomic E-state index is 0.175. The number of hydrogen-bond acceptors (Lipinski definition) is 2. The normalized spacial score (nSPS) is 22.4. The van der Waals surface area contributed by atoms with E-state index in [4.69, 9.17) is 4.74 Å². The molecule has 0 atom stereocenters. The SMILES string of the molecule is CCCc1ccc(C2CCC(CCC)(OC(=O)c3ccccc3)CC2)cc1. The van der Waals surface area contributed by atoms with Crippen LogP contribution in [-0.4, -0.2) is 11.6 Å². The highest BCUT2D eigenvalue weighted by Gasteiger charge is 2.38. The second kappa shape index (κ2) is 9.21. The van der Waals surface area contributed by atoms with Crippen molar-refractivity contribution in [3.63, 3.8) is 0 Å². The van der Waals surface area contributed by atoms with Gasteiger partial charge in [-0.1, -0.05) is 69.2 Å². The molecule has 0 aromatic heterocycles. The van der Waals surface area contributed by atoms with Gasteiger partial charge in [0.15, 0.2) is 0 Å². The van der Waals surface area contributed by atoms with E-state index in [1.807, 2.05) is 30.3 Å². The molecule has 27 heavy (non-hydrogen) atoms. The van der Waals surface area contributed by atoms with Crippen LogP contribution >= 0.6 is 0 Å². The average Bonchev–Trinajstić information content (AvgIpc) is 2.70. The van der Waals surface area contributed by atoms with E-state index in [9.17, 15) is 4.79 Å². The maximum atomic E-state index is 12.6. The van der Waals surface area contributed by atoms with Crippen LogP contribution in [0.2, 0.25) is 0 Å². The highest BCUT2D eigenvalue weighted by atomic mass is 16.6. The summed E-state index contributed by atoms with van der Waals surface area (Å²) in [5.74, 6) is 0.410. The first kappa shape index (κ1) is 19.7. The van der Waals surface area contributed by atoms with Gasteiger partial charge in [0.2, 0.25) is 0 Å². The lowest BCUT2D eigenvalue weighted by molar-refractivity contribution is -0.0453. The molecule has 0 N–H and O–H groups in total. The van der Waals surface area contributed by atoms with E-state index in [1.54, 1.807) is 0 Å². The molecule has 0 saturated heterocycles. The van der Waals surface area contributed by atoms with Gasteiger partial charge in [0.25, 0.3) is 0 Å². The fourth-order valence-corrected chi connectivity index (χ4v) is 4.41. The largest absolute Gasteiger partial charge is 0.455 e. The number of carbonyl (C=O) groups is 1. The van der Waals surface area contributed by atoms with E-state index in [0.717, 1.165) is 44.9 Å². The van der Waals surface area contributed by atoms with Gasteiger partial charge in [-0.2, -0.15) is 0 Å². The third kappa shape index (κ3) is 5.00. The molecule has 2 aromatic rings. The number of rotatable bonds is 7. The Morgan fingerprint density at radius 2 is 1.63 bits per heavy atom. The molecule has 3 rings (SSSR count). The third-order valence-corrected chi connectivity index (χ3v) is 5.91. The fraction of sp³-hybridized carbons (Fsp3) is 0.480. The highest BCUT2D eigenvalue weighted by molar-refractivity contribution is 5.89. The fourth-order valence-electron chi connectivity index (χ4n) is 4.41. The van der Waals surface area contributed by atoms with E-state index in [0.29, 0.717) is 11.5 Å². The van der Waals surface area contributed by atoms with Crippen LogP contribution in [0.3, 0.4) is 0 Å². The molecule has 1 aliphatic carbocycles. The van der Waals surface area contributed by atoms with Gasteiger partial charge < -0.3 is 4.74 Å². The summed E-state index contributed by atoms with van der Waals surface area (Å²) in [7, 11) is 0. The highest BCUT2D eigenvalue weighted by Crippen LogP contribution is 2.42. The molecular formula is C25H32O2. The number of benzene rings is 2. The summed E-state index contributed by atoms with van der Waals surface area (Å²) >= 11 is 0. The van der Waals surface area contributed by atoms with Gasteiger partial charge >= 0.3 is 5.97 Å². The summed E-state index contributed by atoms with van der Waals surface area (Å²) in [6.45, 7) is 4.40. The topological polar surface area (TPSA) is 26.3 Å². The summed E-state index contributed by atoms with van der Waals surface area (Å²) in [6, 6.07) is 18.6. The van der Waals surface area contributed by atoms with Crippen molar-refractivity contribution in [2.45, 2.75) is 76.7 Å². The van der Waals surface area contributed by atoms with E-state index >= 15 is 0 Å². The van der Waals surface area contributed by atoms with Crippen molar-refractivity contribution in [3.05, 3.63) is 71.3 Å². The zero-order chi connectivity index (χ0) is 19.1. The number of hydrogen-bond donors (Lipinski definition) is 0. The molecule has 0 aliphatic heterocycles. The van der Waals surface area contributed by atoms with Gasteiger partial charge in [0, 0.05) is 0 Å². The van der Waals surface area contributed by atoms with Crippen molar-refractivity contribution >= 4 is 5.97 Å². The second-order valence-corrected chi connectivity index (χ2v) is 7.95. The van der Waals surface area contributed by atoms with Crippen molar-refractivity contribution in [1.29, 1.82) is 0 Å². The Morgan fingerprint density at radius 3 is 2.22 bits per heavy atom. The van der Waals surface area contributed by atoms with Crippen molar-refractivity contribution < 1.29 is 9.53 Å². The standard InChI is InChI=1S/C25H32O2/c1-3-8-20-11-13-21(14-12-20)22-15-18-25(17-4-2,19-16-22)27-24(26)23-9-6-5-7-10-23/h5-7,9-14,22H,3-4,8,15-19H2,1-2H3.